The Morgan fingerprint density at radius 1 is 1.26 bits per heavy atom. The number of carboxylic acid groups (broad SMARTS) is 1. The smallest absolute Gasteiger partial charge is 0.304 e. The molecule has 31 heavy (non-hydrogen) atoms. The number of carboxylic acids is 1. The van der Waals surface area contributed by atoms with Gasteiger partial charge in [-0.1, -0.05) is 18.2 Å². The van der Waals surface area contributed by atoms with Gasteiger partial charge >= 0.3 is 5.97 Å². The summed E-state index contributed by atoms with van der Waals surface area (Å²) in [6, 6.07) is 12.2. The van der Waals surface area contributed by atoms with E-state index in [9.17, 15) is 9.90 Å². The Kier molecular flexibility index (Phi) is 5.10. The number of oxazole rings is 1. The maximum atomic E-state index is 11.4. The Morgan fingerprint density at radius 3 is 2.90 bits per heavy atom. The van der Waals surface area contributed by atoms with Crippen molar-refractivity contribution in [3.63, 3.8) is 0 Å². The zero-order valence-electron chi connectivity index (χ0n) is 17.2. The summed E-state index contributed by atoms with van der Waals surface area (Å²) in [5, 5.41) is 12.7. The van der Waals surface area contributed by atoms with E-state index in [1.807, 2.05) is 24.3 Å². The van der Waals surface area contributed by atoms with Crippen molar-refractivity contribution in [1.82, 2.24) is 9.97 Å². The number of fused-ring (bicyclic) bond motifs is 1. The lowest BCUT2D eigenvalue weighted by Crippen LogP contribution is -2.15. The van der Waals surface area contributed by atoms with Crippen LogP contribution in [0.25, 0.3) is 0 Å². The van der Waals surface area contributed by atoms with E-state index in [4.69, 9.17) is 14.1 Å². The number of nitrogens with one attached hydrogen (secondary N) is 1. The van der Waals surface area contributed by atoms with Gasteiger partial charge < -0.3 is 19.6 Å². The van der Waals surface area contributed by atoms with E-state index in [-0.39, 0.29) is 12.3 Å². The van der Waals surface area contributed by atoms with E-state index in [1.54, 1.807) is 6.20 Å². The molecule has 5 rings (SSSR count). The van der Waals surface area contributed by atoms with Crippen LogP contribution in [0.15, 0.2) is 53.4 Å². The average Bonchev–Trinajstić information content (AvgIpc) is 3.21. The van der Waals surface area contributed by atoms with E-state index >= 15 is 0 Å². The highest BCUT2D eigenvalue weighted by atomic mass is 16.5. The second-order valence-electron chi connectivity index (χ2n) is 8.36. The highest BCUT2D eigenvalue weighted by Gasteiger charge is 2.59. The molecule has 1 fully saturated rings. The second kappa shape index (κ2) is 8.06. The minimum atomic E-state index is -0.829. The summed E-state index contributed by atoms with van der Waals surface area (Å²) in [6.45, 7) is 1.53. The first-order chi connectivity index (χ1) is 15.1. The maximum absolute atomic E-state index is 11.4. The maximum Gasteiger partial charge on any atom is 0.304 e. The van der Waals surface area contributed by atoms with Crippen molar-refractivity contribution in [1.29, 1.82) is 0 Å². The minimum Gasteiger partial charge on any atom is -0.493 e. The van der Waals surface area contributed by atoms with Crippen molar-refractivity contribution in [3.8, 4) is 5.75 Å². The van der Waals surface area contributed by atoms with E-state index in [1.165, 1.54) is 12.0 Å². The molecule has 3 heterocycles. The number of rotatable bonds is 8. The molecule has 1 saturated carbocycles. The van der Waals surface area contributed by atoms with Crippen LogP contribution >= 0.6 is 0 Å². The third kappa shape index (κ3) is 4.00. The monoisotopic (exact) mass is 419 g/mol. The third-order valence-electron chi connectivity index (χ3n) is 6.33. The molecule has 0 bridgehead atoms. The van der Waals surface area contributed by atoms with Gasteiger partial charge in [-0.05, 0) is 54.5 Å². The molecule has 1 aromatic carbocycles. The molecule has 0 radical (unpaired) electrons. The number of aryl methyl sites for hydroxylation is 1. The molecule has 7 heteroatoms. The molecule has 2 aliphatic rings. The molecular weight excluding hydrogens is 394 g/mol. The topological polar surface area (TPSA) is 97.5 Å². The van der Waals surface area contributed by atoms with Crippen molar-refractivity contribution in [2.24, 2.45) is 0 Å². The number of nitrogens with zero attached hydrogens (tertiary/aromatic N) is 2. The molecular formula is C24H25N3O4. The summed E-state index contributed by atoms with van der Waals surface area (Å²) in [5.41, 5.74) is 2.90. The van der Waals surface area contributed by atoms with Gasteiger partial charge in [0.05, 0.1) is 19.2 Å². The lowest BCUT2D eigenvalue weighted by atomic mass is 9.93. The highest BCUT2D eigenvalue weighted by molar-refractivity contribution is 5.70. The van der Waals surface area contributed by atoms with Crippen LogP contribution in [0, 0.1) is 0 Å². The normalized spacial score (nSPS) is 21.7. The second-order valence-corrected chi connectivity index (χ2v) is 8.36. The Morgan fingerprint density at radius 2 is 2.13 bits per heavy atom. The van der Waals surface area contributed by atoms with Gasteiger partial charge in [0.2, 0.25) is 0 Å². The number of ether oxygens (including phenoxy) is 1. The average molecular weight is 419 g/mol. The largest absolute Gasteiger partial charge is 0.493 e. The number of anilines is 1. The lowest BCUT2D eigenvalue weighted by molar-refractivity contribution is -0.137. The van der Waals surface area contributed by atoms with Crippen molar-refractivity contribution in [2.45, 2.75) is 43.4 Å². The molecule has 7 nitrogen and oxygen atoms in total. The Labute approximate surface area is 180 Å². The van der Waals surface area contributed by atoms with Crippen molar-refractivity contribution < 1.29 is 19.1 Å². The van der Waals surface area contributed by atoms with E-state index in [2.05, 4.69) is 22.4 Å². The van der Waals surface area contributed by atoms with Gasteiger partial charge in [-0.2, -0.15) is 0 Å². The van der Waals surface area contributed by atoms with E-state index < -0.39 is 11.4 Å². The molecule has 0 spiro atoms. The molecule has 1 aliphatic carbocycles. The number of benzene rings is 1. The van der Waals surface area contributed by atoms with E-state index in [0.29, 0.717) is 12.4 Å². The van der Waals surface area contributed by atoms with Crippen LogP contribution in [0.1, 0.15) is 47.8 Å². The number of hydrogen-bond acceptors (Lipinski definition) is 6. The molecule has 2 atom stereocenters. The van der Waals surface area contributed by atoms with Crippen LogP contribution in [0.4, 0.5) is 5.82 Å². The standard InChI is InChI=1S/C24H25N3O4/c28-22(29)13-24(21-14-25-15-31-21)12-20(24)16-4-7-19(8-5-16)30-11-9-18-6-3-17-2-1-10-26-23(17)27-18/h3-8,14-15,20H,1-2,9-13H2,(H,26,27)(H,28,29). The first-order valence-electron chi connectivity index (χ1n) is 10.7. The number of aromatic nitrogens is 2. The van der Waals surface area contributed by atoms with Gasteiger partial charge in [-0.25, -0.2) is 9.97 Å². The molecule has 0 saturated heterocycles. The zero-order valence-corrected chi connectivity index (χ0v) is 17.2. The fraction of sp³-hybridized carbons (Fsp3) is 0.375. The molecule has 160 valence electrons. The van der Waals surface area contributed by atoms with Crippen LogP contribution in [0.2, 0.25) is 0 Å². The molecule has 0 amide bonds. The number of hydrogen-bond donors (Lipinski definition) is 2. The predicted molar refractivity (Wildman–Crippen MR) is 114 cm³/mol. The van der Waals surface area contributed by atoms with Gasteiger partial charge in [0.25, 0.3) is 0 Å². The highest BCUT2D eigenvalue weighted by Crippen LogP contribution is 2.62. The molecule has 2 unspecified atom stereocenters. The van der Waals surface area contributed by atoms with Crippen LogP contribution in [0.5, 0.6) is 5.75 Å². The zero-order chi connectivity index (χ0) is 21.3. The van der Waals surface area contributed by atoms with Crippen molar-refractivity contribution in [2.75, 3.05) is 18.5 Å². The summed E-state index contributed by atoms with van der Waals surface area (Å²) >= 11 is 0. The summed E-state index contributed by atoms with van der Waals surface area (Å²) in [6.07, 6.45) is 6.75. The Hall–Kier alpha value is -3.35. The Balaban J connectivity index is 1.19. The molecule has 2 aromatic heterocycles. The van der Waals surface area contributed by atoms with Gasteiger partial charge in [-0.15, -0.1) is 0 Å². The van der Waals surface area contributed by atoms with E-state index in [0.717, 1.165) is 55.1 Å². The van der Waals surface area contributed by atoms with Gasteiger partial charge in [-0.3, -0.25) is 4.79 Å². The summed E-state index contributed by atoms with van der Waals surface area (Å²) in [7, 11) is 0. The third-order valence-corrected chi connectivity index (χ3v) is 6.33. The number of pyridine rings is 1. The van der Waals surface area contributed by atoms with Gasteiger partial charge in [0, 0.05) is 24.1 Å². The summed E-state index contributed by atoms with van der Waals surface area (Å²) < 4.78 is 11.4. The molecule has 1 aliphatic heterocycles. The minimum absolute atomic E-state index is 0.0355. The van der Waals surface area contributed by atoms with Crippen molar-refractivity contribution in [3.05, 3.63) is 71.6 Å². The first-order valence-corrected chi connectivity index (χ1v) is 10.7. The quantitative estimate of drug-likeness (QED) is 0.570. The SMILES string of the molecule is O=C(O)CC1(c2cnco2)CC1c1ccc(OCCc2ccc3c(n2)NCCC3)cc1. The Bertz CT molecular complexity index is 1060. The van der Waals surface area contributed by atoms with Crippen molar-refractivity contribution >= 4 is 11.8 Å². The van der Waals surface area contributed by atoms with Gasteiger partial charge in [0.15, 0.2) is 6.39 Å². The fourth-order valence-corrected chi connectivity index (χ4v) is 4.61. The number of aliphatic carboxylic acids is 1. The fourth-order valence-electron chi connectivity index (χ4n) is 4.61. The predicted octanol–water partition coefficient (Wildman–Crippen LogP) is 3.95. The summed E-state index contributed by atoms with van der Waals surface area (Å²) in [5.74, 6) is 1.73. The van der Waals surface area contributed by atoms with Crippen LogP contribution < -0.4 is 10.1 Å². The first kappa shape index (κ1) is 19.6. The van der Waals surface area contributed by atoms with Crippen LogP contribution in [0.3, 0.4) is 0 Å². The molecule has 2 N–H and O–H groups in total. The van der Waals surface area contributed by atoms with Crippen LogP contribution in [-0.2, 0) is 23.1 Å². The summed E-state index contributed by atoms with van der Waals surface area (Å²) in [4.78, 5) is 20.1. The van der Waals surface area contributed by atoms with Crippen LogP contribution in [-0.4, -0.2) is 34.2 Å². The molecule has 3 aromatic rings. The van der Waals surface area contributed by atoms with Gasteiger partial charge in [0.1, 0.15) is 17.3 Å². The number of carbonyl (C=O) groups is 1. The lowest BCUT2D eigenvalue weighted by Gasteiger charge is -2.17.